The number of hydrogen-bond donors (Lipinski definition) is 2. The molecular weight excluding hydrogens is 274 g/mol. The van der Waals surface area contributed by atoms with Crippen molar-refractivity contribution >= 4 is 11.9 Å². The first-order valence-electron chi connectivity index (χ1n) is 6.78. The van der Waals surface area contributed by atoms with Crippen molar-refractivity contribution < 1.29 is 19.4 Å². The van der Waals surface area contributed by atoms with E-state index in [9.17, 15) is 14.7 Å². The lowest BCUT2D eigenvalue weighted by Gasteiger charge is -2.58. The van der Waals surface area contributed by atoms with Gasteiger partial charge in [-0.25, -0.2) is 9.78 Å². The number of rotatable bonds is 5. The third-order valence-corrected chi connectivity index (χ3v) is 4.25. The summed E-state index contributed by atoms with van der Waals surface area (Å²) in [6.45, 7) is 5.92. The van der Waals surface area contributed by atoms with Crippen molar-refractivity contribution in [3.05, 3.63) is 24.3 Å². The molecule has 0 aromatic carbocycles. The zero-order valence-electron chi connectivity index (χ0n) is 12.3. The molecule has 7 heteroatoms. The Morgan fingerprint density at radius 2 is 2.19 bits per heavy atom. The Labute approximate surface area is 122 Å². The zero-order valence-corrected chi connectivity index (χ0v) is 12.3. The molecule has 2 unspecified atom stereocenters. The van der Waals surface area contributed by atoms with Crippen LogP contribution in [0.1, 0.15) is 37.7 Å². The molecule has 0 spiro atoms. The van der Waals surface area contributed by atoms with E-state index in [-0.39, 0.29) is 18.2 Å². The number of carbonyl (C=O) groups excluding carboxylic acids is 1. The first-order chi connectivity index (χ1) is 9.85. The Morgan fingerprint density at radius 1 is 1.48 bits per heavy atom. The highest BCUT2D eigenvalue weighted by molar-refractivity contribution is 5.97. The lowest BCUT2D eigenvalue weighted by atomic mass is 9.54. The number of amides is 1. The van der Waals surface area contributed by atoms with Gasteiger partial charge in [0.15, 0.2) is 0 Å². The number of carboxylic acid groups (broad SMARTS) is 1. The van der Waals surface area contributed by atoms with Gasteiger partial charge in [0.05, 0.1) is 12.3 Å². The smallest absolute Gasteiger partial charge is 0.330 e. The third kappa shape index (κ3) is 2.37. The highest BCUT2D eigenvalue weighted by Gasteiger charge is 2.66. The molecule has 1 aromatic heterocycles. The average Bonchev–Trinajstić information content (AvgIpc) is 2.46. The lowest BCUT2D eigenvalue weighted by molar-refractivity contribution is -0.190. The number of carboxylic acids is 1. The largest absolute Gasteiger partial charge is 0.479 e. The average molecular weight is 293 g/mol. The van der Waals surface area contributed by atoms with Crippen molar-refractivity contribution in [1.29, 1.82) is 0 Å². The highest BCUT2D eigenvalue weighted by Crippen LogP contribution is 2.51. The van der Waals surface area contributed by atoms with Gasteiger partial charge in [0.1, 0.15) is 11.2 Å². The zero-order chi connectivity index (χ0) is 15.7. The molecule has 1 saturated carbocycles. The summed E-state index contributed by atoms with van der Waals surface area (Å²) in [6.07, 6.45) is 4.16. The van der Waals surface area contributed by atoms with Crippen LogP contribution in [-0.4, -0.2) is 45.2 Å². The minimum absolute atomic E-state index is 0.0915. The molecule has 1 amide bonds. The second kappa shape index (κ2) is 5.40. The molecule has 114 valence electrons. The summed E-state index contributed by atoms with van der Waals surface area (Å²) in [7, 11) is 0. The molecule has 0 aliphatic heterocycles. The van der Waals surface area contributed by atoms with Crippen LogP contribution < -0.4 is 5.32 Å². The van der Waals surface area contributed by atoms with Crippen LogP contribution >= 0.6 is 0 Å². The molecule has 2 N–H and O–H groups in total. The van der Waals surface area contributed by atoms with E-state index >= 15 is 0 Å². The predicted octanol–water partition coefficient (Wildman–Crippen LogP) is 0.865. The number of carbonyl (C=O) groups is 2. The lowest BCUT2D eigenvalue weighted by Crippen LogP contribution is -2.76. The van der Waals surface area contributed by atoms with Crippen molar-refractivity contribution in [3.8, 4) is 0 Å². The van der Waals surface area contributed by atoms with Gasteiger partial charge in [-0.05, 0) is 6.92 Å². The first kappa shape index (κ1) is 15.4. The first-order valence-corrected chi connectivity index (χ1v) is 6.78. The SMILES string of the molecule is CCOC1CC(NC(=O)c2cnccn2)(C(=O)O)C1(C)C. The molecule has 2 atom stereocenters. The van der Waals surface area contributed by atoms with Crippen molar-refractivity contribution in [2.45, 2.75) is 38.8 Å². The Morgan fingerprint density at radius 3 is 2.67 bits per heavy atom. The van der Waals surface area contributed by atoms with Gasteiger partial charge in [-0.2, -0.15) is 0 Å². The van der Waals surface area contributed by atoms with Gasteiger partial charge in [0, 0.05) is 30.8 Å². The summed E-state index contributed by atoms with van der Waals surface area (Å²) >= 11 is 0. The fourth-order valence-corrected chi connectivity index (χ4v) is 2.71. The molecule has 1 aliphatic rings. The van der Waals surface area contributed by atoms with E-state index in [2.05, 4.69) is 15.3 Å². The normalized spacial score (nSPS) is 26.7. The molecule has 1 heterocycles. The number of nitrogens with zero attached hydrogens (tertiary/aromatic N) is 2. The summed E-state index contributed by atoms with van der Waals surface area (Å²) in [5, 5.41) is 12.2. The molecule has 0 bridgehead atoms. The van der Waals surface area contributed by atoms with Gasteiger partial charge in [-0.1, -0.05) is 13.8 Å². The quantitative estimate of drug-likeness (QED) is 0.835. The van der Waals surface area contributed by atoms with Gasteiger partial charge >= 0.3 is 5.97 Å². The number of hydrogen-bond acceptors (Lipinski definition) is 5. The summed E-state index contributed by atoms with van der Waals surface area (Å²) in [4.78, 5) is 31.6. The van der Waals surface area contributed by atoms with Crippen LogP contribution in [0, 0.1) is 5.41 Å². The van der Waals surface area contributed by atoms with Crippen LogP contribution in [0.25, 0.3) is 0 Å². The summed E-state index contributed by atoms with van der Waals surface area (Å²) in [6, 6.07) is 0. The molecule has 21 heavy (non-hydrogen) atoms. The number of aromatic nitrogens is 2. The Kier molecular flexibility index (Phi) is 3.95. The van der Waals surface area contributed by atoms with Gasteiger partial charge < -0.3 is 15.2 Å². The summed E-state index contributed by atoms with van der Waals surface area (Å²) in [5.74, 6) is -1.62. The van der Waals surface area contributed by atoms with E-state index in [1.807, 2.05) is 6.92 Å². The maximum atomic E-state index is 12.2. The van der Waals surface area contributed by atoms with Gasteiger partial charge in [0.2, 0.25) is 0 Å². The molecule has 0 saturated heterocycles. The predicted molar refractivity (Wildman–Crippen MR) is 73.7 cm³/mol. The topological polar surface area (TPSA) is 101 Å². The maximum absolute atomic E-state index is 12.2. The Bertz CT molecular complexity index is 546. The number of aliphatic carboxylic acids is 1. The number of nitrogens with one attached hydrogen (secondary N) is 1. The molecule has 1 aromatic rings. The highest BCUT2D eigenvalue weighted by atomic mass is 16.5. The maximum Gasteiger partial charge on any atom is 0.330 e. The van der Waals surface area contributed by atoms with Crippen molar-refractivity contribution in [3.63, 3.8) is 0 Å². The molecule has 2 rings (SSSR count). The van der Waals surface area contributed by atoms with Crippen LogP contribution in [0.15, 0.2) is 18.6 Å². The van der Waals surface area contributed by atoms with Gasteiger partial charge in [-0.15, -0.1) is 0 Å². The minimum atomic E-state index is -1.36. The molecule has 0 radical (unpaired) electrons. The Balaban J connectivity index is 2.22. The molecule has 1 aliphatic carbocycles. The van der Waals surface area contributed by atoms with Crippen molar-refractivity contribution in [2.24, 2.45) is 5.41 Å². The van der Waals surface area contributed by atoms with Gasteiger partial charge in [0.25, 0.3) is 5.91 Å². The van der Waals surface area contributed by atoms with E-state index in [4.69, 9.17) is 4.74 Å². The molecular formula is C14H19N3O4. The summed E-state index contributed by atoms with van der Waals surface area (Å²) < 4.78 is 5.54. The minimum Gasteiger partial charge on any atom is -0.479 e. The van der Waals surface area contributed by atoms with Crippen LogP contribution in [0.3, 0.4) is 0 Å². The third-order valence-electron chi connectivity index (χ3n) is 4.25. The second-order valence-electron chi connectivity index (χ2n) is 5.63. The van der Waals surface area contributed by atoms with E-state index in [0.717, 1.165) is 0 Å². The van der Waals surface area contributed by atoms with Crippen molar-refractivity contribution in [2.75, 3.05) is 6.61 Å². The van der Waals surface area contributed by atoms with Crippen LogP contribution in [-0.2, 0) is 9.53 Å². The monoisotopic (exact) mass is 293 g/mol. The van der Waals surface area contributed by atoms with Crippen molar-refractivity contribution in [1.82, 2.24) is 15.3 Å². The van der Waals surface area contributed by atoms with E-state index < -0.39 is 22.8 Å². The molecule has 1 fully saturated rings. The standard InChI is InChI=1S/C14H19N3O4/c1-4-21-10-7-14(12(19)20,13(10,2)3)17-11(18)9-8-15-5-6-16-9/h5-6,8,10H,4,7H2,1-3H3,(H,17,18)(H,19,20). The fraction of sp³-hybridized carbons (Fsp3) is 0.571. The van der Waals surface area contributed by atoms with Crippen LogP contribution in [0.2, 0.25) is 0 Å². The number of ether oxygens (including phenoxy) is 1. The van der Waals surface area contributed by atoms with E-state index in [0.29, 0.717) is 6.61 Å². The Hall–Kier alpha value is -2.02. The molecule has 7 nitrogen and oxygen atoms in total. The summed E-state index contributed by atoms with van der Waals surface area (Å²) in [5.41, 5.74) is -1.98. The van der Waals surface area contributed by atoms with Crippen LogP contribution in [0.4, 0.5) is 0 Å². The van der Waals surface area contributed by atoms with E-state index in [1.165, 1.54) is 18.6 Å². The van der Waals surface area contributed by atoms with Crippen LogP contribution in [0.5, 0.6) is 0 Å². The second-order valence-corrected chi connectivity index (χ2v) is 5.63. The fourth-order valence-electron chi connectivity index (χ4n) is 2.71. The van der Waals surface area contributed by atoms with Gasteiger partial charge in [-0.3, -0.25) is 9.78 Å². The van der Waals surface area contributed by atoms with E-state index in [1.54, 1.807) is 13.8 Å².